The Bertz CT molecular complexity index is 757. The van der Waals surface area contributed by atoms with Gasteiger partial charge in [0.2, 0.25) is 5.16 Å². The maximum Gasteiger partial charge on any atom is 0.209 e. The highest BCUT2D eigenvalue weighted by Crippen LogP contribution is 2.19. The predicted molar refractivity (Wildman–Crippen MR) is 82.1 cm³/mol. The molecule has 0 N–H and O–H groups in total. The summed E-state index contributed by atoms with van der Waals surface area (Å²) in [6, 6.07) is 19.6. The average molecular weight is 292 g/mol. The van der Waals surface area contributed by atoms with E-state index >= 15 is 0 Å². The molecule has 0 saturated heterocycles. The molecule has 5 heteroatoms. The Kier molecular flexibility index (Phi) is 3.99. The molecule has 0 unspecified atom stereocenters. The van der Waals surface area contributed by atoms with Crippen LogP contribution in [0, 0.1) is 11.3 Å². The van der Waals surface area contributed by atoms with Crippen molar-refractivity contribution in [1.82, 2.24) is 14.8 Å². The van der Waals surface area contributed by atoms with Crippen LogP contribution in [0.1, 0.15) is 11.1 Å². The van der Waals surface area contributed by atoms with Crippen LogP contribution in [0.5, 0.6) is 0 Å². The van der Waals surface area contributed by atoms with Gasteiger partial charge in [-0.2, -0.15) is 5.26 Å². The van der Waals surface area contributed by atoms with Crippen LogP contribution in [0.25, 0.3) is 5.69 Å². The normalized spacial score (nSPS) is 10.2. The lowest BCUT2D eigenvalue weighted by Gasteiger charge is -1.99. The minimum atomic E-state index is 0.676. The zero-order valence-corrected chi connectivity index (χ0v) is 12.0. The molecular weight excluding hydrogens is 280 g/mol. The standard InChI is InChI=1S/C16H12N4S/c17-10-13-6-8-14(9-7-13)11-21-16-18-12-20(19-16)15-4-2-1-3-5-15/h1-9,12H,11H2. The molecule has 1 heterocycles. The van der Waals surface area contributed by atoms with Crippen LogP contribution < -0.4 is 0 Å². The van der Waals surface area contributed by atoms with E-state index in [0.717, 1.165) is 22.2 Å². The Morgan fingerprint density at radius 2 is 1.81 bits per heavy atom. The zero-order valence-electron chi connectivity index (χ0n) is 11.2. The molecule has 4 nitrogen and oxygen atoms in total. The molecule has 21 heavy (non-hydrogen) atoms. The third-order valence-corrected chi connectivity index (χ3v) is 3.87. The molecule has 0 fully saturated rings. The lowest BCUT2D eigenvalue weighted by molar-refractivity contribution is 0.834. The molecule has 0 saturated carbocycles. The first-order valence-corrected chi connectivity index (χ1v) is 7.42. The van der Waals surface area contributed by atoms with E-state index in [2.05, 4.69) is 16.2 Å². The summed E-state index contributed by atoms with van der Waals surface area (Å²) >= 11 is 1.58. The number of nitriles is 1. The molecule has 1 aromatic heterocycles. The summed E-state index contributed by atoms with van der Waals surface area (Å²) in [6.45, 7) is 0. The van der Waals surface area contributed by atoms with Crippen LogP contribution in [-0.4, -0.2) is 14.8 Å². The number of benzene rings is 2. The molecule has 0 aliphatic carbocycles. The molecule has 0 atom stereocenters. The fourth-order valence-electron chi connectivity index (χ4n) is 1.84. The summed E-state index contributed by atoms with van der Waals surface area (Å²) in [5.74, 6) is 0.782. The summed E-state index contributed by atoms with van der Waals surface area (Å²) in [6.07, 6.45) is 1.72. The molecular formula is C16H12N4S. The minimum Gasteiger partial charge on any atom is -0.220 e. The highest BCUT2D eigenvalue weighted by atomic mass is 32.2. The number of hydrogen-bond acceptors (Lipinski definition) is 4. The molecule has 0 bridgehead atoms. The van der Waals surface area contributed by atoms with Gasteiger partial charge in [0.1, 0.15) is 6.33 Å². The second-order valence-corrected chi connectivity index (χ2v) is 5.35. The quantitative estimate of drug-likeness (QED) is 0.691. The molecule has 3 aromatic rings. The van der Waals surface area contributed by atoms with E-state index < -0.39 is 0 Å². The highest BCUT2D eigenvalue weighted by Gasteiger charge is 2.04. The van der Waals surface area contributed by atoms with E-state index in [9.17, 15) is 0 Å². The van der Waals surface area contributed by atoms with Gasteiger partial charge in [-0.3, -0.25) is 0 Å². The summed E-state index contributed by atoms with van der Waals surface area (Å²) < 4.78 is 1.76. The molecule has 102 valence electrons. The van der Waals surface area contributed by atoms with Crippen molar-refractivity contribution in [2.75, 3.05) is 0 Å². The van der Waals surface area contributed by atoms with Crippen LogP contribution in [0.4, 0.5) is 0 Å². The van der Waals surface area contributed by atoms with Gasteiger partial charge in [-0.05, 0) is 29.8 Å². The summed E-state index contributed by atoms with van der Waals surface area (Å²) in [5.41, 5.74) is 2.82. The Hall–Kier alpha value is -2.58. The SMILES string of the molecule is N#Cc1ccc(CSc2ncn(-c3ccccc3)n2)cc1. The van der Waals surface area contributed by atoms with Crippen LogP contribution in [0.15, 0.2) is 66.1 Å². The molecule has 0 aliphatic heterocycles. The number of nitrogens with zero attached hydrogens (tertiary/aromatic N) is 4. The molecule has 0 amide bonds. The van der Waals surface area contributed by atoms with Crippen molar-refractivity contribution in [3.05, 3.63) is 72.1 Å². The van der Waals surface area contributed by atoms with Crippen molar-refractivity contribution in [2.45, 2.75) is 10.9 Å². The molecule has 2 aromatic carbocycles. The number of aromatic nitrogens is 3. The predicted octanol–water partition coefficient (Wildman–Crippen LogP) is 3.43. The van der Waals surface area contributed by atoms with Gasteiger partial charge in [-0.15, -0.1) is 5.10 Å². The molecule has 0 radical (unpaired) electrons. The molecule has 3 rings (SSSR count). The first kappa shape index (κ1) is 13.4. The van der Waals surface area contributed by atoms with Crippen LogP contribution in [0.2, 0.25) is 0 Å². The summed E-state index contributed by atoms with van der Waals surface area (Å²) in [5, 5.41) is 14.0. The number of para-hydroxylation sites is 1. The van der Waals surface area contributed by atoms with Crippen LogP contribution in [0.3, 0.4) is 0 Å². The fraction of sp³-hybridized carbons (Fsp3) is 0.0625. The average Bonchev–Trinajstić information content (AvgIpc) is 3.03. The Labute approximate surface area is 127 Å². The minimum absolute atomic E-state index is 0.676. The third-order valence-electron chi connectivity index (χ3n) is 2.94. The maximum atomic E-state index is 8.77. The van der Waals surface area contributed by atoms with Crippen molar-refractivity contribution in [3.8, 4) is 11.8 Å². The van der Waals surface area contributed by atoms with E-state index in [1.54, 1.807) is 22.8 Å². The van der Waals surface area contributed by atoms with Crippen molar-refractivity contribution in [2.24, 2.45) is 0 Å². The first-order chi connectivity index (χ1) is 10.3. The van der Waals surface area contributed by atoms with Crippen molar-refractivity contribution >= 4 is 11.8 Å². The van der Waals surface area contributed by atoms with Gasteiger partial charge in [0.15, 0.2) is 0 Å². The van der Waals surface area contributed by atoms with E-state index in [1.165, 1.54) is 0 Å². The van der Waals surface area contributed by atoms with E-state index in [4.69, 9.17) is 5.26 Å². The number of thioether (sulfide) groups is 1. The van der Waals surface area contributed by atoms with Crippen molar-refractivity contribution in [3.63, 3.8) is 0 Å². The van der Waals surface area contributed by atoms with Gasteiger partial charge in [0.05, 0.1) is 17.3 Å². The van der Waals surface area contributed by atoms with E-state index in [1.807, 2.05) is 54.6 Å². The largest absolute Gasteiger partial charge is 0.220 e. The first-order valence-electron chi connectivity index (χ1n) is 6.44. The van der Waals surface area contributed by atoms with Gasteiger partial charge >= 0.3 is 0 Å². The smallest absolute Gasteiger partial charge is 0.209 e. The Balaban J connectivity index is 1.66. The van der Waals surface area contributed by atoms with Gasteiger partial charge < -0.3 is 0 Å². The summed E-state index contributed by atoms with van der Waals surface area (Å²) in [4.78, 5) is 4.30. The maximum absolute atomic E-state index is 8.77. The topological polar surface area (TPSA) is 54.5 Å². The highest BCUT2D eigenvalue weighted by molar-refractivity contribution is 7.98. The van der Waals surface area contributed by atoms with E-state index in [-0.39, 0.29) is 0 Å². The van der Waals surface area contributed by atoms with Crippen LogP contribution >= 0.6 is 11.8 Å². The lowest BCUT2D eigenvalue weighted by Crippen LogP contribution is -1.93. The van der Waals surface area contributed by atoms with Gasteiger partial charge in [0.25, 0.3) is 0 Å². The number of rotatable bonds is 4. The summed E-state index contributed by atoms with van der Waals surface area (Å²) in [7, 11) is 0. The van der Waals surface area contributed by atoms with Crippen molar-refractivity contribution < 1.29 is 0 Å². The Morgan fingerprint density at radius 3 is 2.52 bits per heavy atom. The van der Waals surface area contributed by atoms with Gasteiger partial charge in [-0.25, -0.2) is 9.67 Å². The fourth-order valence-corrected chi connectivity index (χ4v) is 2.60. The second kappa shape index (κ2) is 6.25. The lowest BCUT2D eigenvalue weighted by atomic mass is 10.2. The van der Waals surface area contributed by atoms with Crippen LogP contribution in [-0.2, 0) is 5.75 Å². The molecule has 0 aliphatic rings. The number of hydrogen-bond donors (Lipinski definition) is 0. The monoisotopic (exact) mass is 292 g/mol. The Morgan fingerprint density at radius 1 is 1.05 bits per heavy atom. The zero-order chi connectivity index (χ0) is 14.5. The second-order valence-electron chi connectivity index (χ2n) is 4.40. The molecule has 0 spiro atoms. The van der Waals surface area contributed by atoms with Crippen molar-refractivity contribution in [1.29, 1.82) is 5.26 Å². The van der Waals surface area contributed by atoms with E-state index in [0.29, 0.717) is 5.56 Å². The van der Waals surface area contributed by atoms with Gasteiger partial charge in [-0.1, -0.05) is 42.1 Å². The third kappa shape index (κ3) is 3.30. The van der Waals surface area contributed by atoms with Gasteiger partial charge in [0, 0.05) is 5.75 Å².